The Morgan fingerprint density at radius 3 is 2.45 bits per heavy atom. The highest BCUT2D eigenvalue weighted by atomic mass is 16.7. The zero-order valence-electron chi connectivity index (χ0n) is 10.7. The van der Waals surface area contributed by atoms with E-state index in [4.69, 9.17) is 15.6 Å². The van der Waals surface area contributed by atoms with Crippen LogP contribution in [0.5, 0.6) is 0 Å². The number of esters is 1. The van der Waals surface area contributed by atoms with Crippen LogP contribution in [0.3, 0.4) is 0 Å². The molecule has 0 amide bonds. The van der Waals surface area contributed by atoms with Gasteiger partial charge in [-0.25, -0.2) is 9.59 Å². The quantitative estimate of drug-likeness (QED) is 0.591. The van der Waals surface area contributed by atoms with Gasteiger partial charge in [-0.05, 0) is 12.0 Å². The summed E-state index contributed by atoms with van der Waals surface area (Å²) in [5, 5.41) is 8.44. The minimum atomic E-state index is -1.17. The van der Waals surface area contributed by atoms with Crippen LogP contribution in [0, 0.1) is 0 Å². The van der Waals surface area contributed by atoms with Gasteiger partial charge in [-0.15, -0.1) is 0 Å². The lowest BCUT2D eigenvalue weighted by molar-refractivity contribution is -0.142. The summed E-state index contributed by atoms with van der Waals surface area (Å²) in [6.45, 7) is -0.0304. The molecule has 0 fully saturated rings. The molecule has 0 aliphatic rings. The number of carboxylic acid groups (broad SMARTS) is 1. The molecular formula is C13H15NO6. The number of nitrogens with two attached hydrogens (primary N) is 1. The molecule has 0 bridgehead atoms. The monoisotopic (exact) mass is 281 g/mol. The molecule has 1 aromatic rings. The average Bonchev–Trinajstić information content (AvgIpc) is 2.43. The molecule has 0 radical (unpaired) electrons. The van der Waals surface area contributed by atoms with Crippen molar-refractivity contribution in [2.45, 2.75) is 25.5 Å². The van der Waals surface area contributed by atoms with Gasteiger partial charge in [-0.3, -0.25) is 4.79 Å². The van der Waals surface area contributed by atoms with Crippen molar-refractivity contribution in [1.29, 1.82) is 0 Å². The molecule has 7 heteroatoms. The number of carbonyl (C=O) groups excluding carboxylic acids is 2. The van der Waals surface area contributed by atoms with E-state index in [1.54, 1.807) is 24.3 Å². The SMILES string of the molecule is N[C@@H](CCC(=O)O)C(=O)OC(=O)OCc1ccccc1. The molecule has 0 saturated carbocycles. The normalized spacial score (nSPS) is 11.4. The largest absolute Gasteiger partial charge is 0.516 e. The minimum Gasteiger partial charge on any atom is -0.481 e. The average molecular weight is 281 g/mol. The number of aliphatic carboxylic acids is 1. The molecule has 1 atom stereocenters. The van der Waals surface area contributed by atoms with E-state index in [-0.39, 0.29) is 19.4 Å². The topological polar surface area (TPSA) is 116 Å². The first kappa shape index (κ1) is 15.6. The lowest BCUT2D eigenvalue weighted by Crippen LogP contribution is -2.34. The van der Waals surface area contributed by atoms with Gasteiger partial charge in [0.25, 0.3) is 0 Å². The molecule has 0 aliphatic heterocycles. The highest BCUT2D eigenvalue weighted by Gasteiger charge is 2.20. The Labute approximate surface area is 115 Å². The first-order valence-corrected chi connectivity index (χ1v) is 5.89. The fourth-order valence-corrected chi connectivity index (χ4v) is 1.30. The number of carboxylic acids is 1. The van der Waals surface area contributed by atoms with E-state index in [1.807, 2.05) is 6.07 Å². The lowest BCUT2D eigenvalue weighted by Gasteiger charge is -2.09. The van der Waals surface area contributed by atoms with Crippen molar-refractivity contribution in [3.8, 4) is 0 Å². The number of carbonyl (C=O) groups is 3. The standard InChI is InChI=1S/C13H15NO6/c14-10(6-7-11(15)16)12(17)20-13(18)19-8-9-4-2-1-3-5-9/h1-5,10H,6-8,14H2,(H,15,16)/t10-/m0/s1. The van der Waals surface area contributed by atoms with Gasteiger partial charge in [0.15, 0.2) is 0 Å². The highest BCUT2D eigenvalue weighted by molar-refractivity contribution is 5.85. The van der Waals surface area contributed by atoms with Crippen molar-refractivity contribution in [2.24, 2.45) is 5.73 Å². The second kappa shape index (κ2) is 7.90. The third-order valence-electron chi connectivity index (χ3n) is 2.36. The molecule has 0 spiro atoms. The fourth-order valence-electron chi connectivity index (χ4n) is 1.30. The van der Waals surface area contributed by atoms with Crippen LogP contribution >= 0.6 is 0 Å². The van der Waals surface area contributed by atoms with Gasteiger partial charge in [0.05, 0.1) is 0 Å². The summed E-state index contributed by atoms with van der Waals surface area (Å²) in [6, 6.07) is 7.68. The Morgan fingerprint density at radius 1 is 1.20 bits per heavy atom. The number of hydrogen-bond donors (Lipinski definition) is 2. The number of ether oxygens (including phenoxy) is 2. The zero-order chi connectivity index (χ0) is 15.0. The van der Waals surface area contributed by atoms with E-state index in [0.717, 1.165) is 5.56 Å². The van der Waals surface area contributed by atoms with Crippen molar-refractivity contribution >= 4 is 18.1 Å². The summed E-state index contributed by atoms with van der Waals surface area (Å²) in [5.41, 5.74) is 6.12. The van der Waals surface area contributed by atoms with Crippen molar-refractivity contribution in [3.05, 3.63) is 35.9 Å². The van der Waals surface area contributed by atoms with E-state index >= 15 is 0 Å². The Kier molecular flexibility index (Phi) is 6.18. The Hall–Kier alpha value is -2.41. The zero-order valence-corrected chi connectivity index (χ0v) is 10.7. The number of benzene rings is 1. The Bertz CT molecular complexity index is 473. The predicted octanol–water partition coefficient (Wildman–Crippen LogP) is 1.06. The molecule has 0 saturated heterocycles. The maximum Gasteiger partial charge on any atom is 0.516 e. The second-order valence-corrected chi connectivity index (χ2v) is 3.98. The Morgan fingerprint density at radius 2 is 1.85 bits per heavy atom. The molecule has 7 nitrogen and oxygen atoms in total. The molecular weight excluding hydrogens is 266 g/mol. The van der Waals surface area contributed by atoms with E-state index < -0.39 is 24.1 Å². The van der Waals surface area contributed by atoms with E-state index in [9.17, 15) is 14.4 Å². The van der Waals surface area contributed by atoms with Crippen molar-refractivity contribution in [1.82, 2.24) is 0 Å². The van der Waals surface area contributed by atoms with Gasteiger partial charge in [0, 0.05) is 6.42 Å². The summed E-state index contributed by atoms with van der Waals surface area (Å²) in [5.74, 6) is -2.09. The summed E-state index contributed by atoms with van der Waals surface area (Å²) in [6.07, 6.45) is -1.56. The first-order valence-electron chi connectivity index (χ1n) is 5.89. The van der Waals surface area contributed by atoms with E-state index in [0.29, 0.717) is 0 Å². The number of rotatable bonds is 6. The van der Waals surface area contributed by atoms with Gasteiger partial charge in [0.2, 0.25) is 0 Å². The van der Waals surface area contributed by atoms with Crippen LogP contribution in [-0.2, 0) is 25.7 Å². The summed E-state index contributed by atoms with van der Waals surface area (Å²) < 4.78 is 9.07. The van der Waals surface area contributed by atoms with Crippen LogP contribution < -0.4 is 5.73 Å². The second-order valence-electron chi connectivity index (χ2n) is 3.98. The molecule has 3 N–H and O–H groups in total. The van der Waals surface area contributed by atoms with E-state index in [2.05, 4.69) is 4.74 Å². The maximum atomic E-state index is 11.3. The molecule has 108 valence electrons. The van der Waals surface area contributed by atoms with Crippen LogP contribution in [0.4, 0.5) is 4.79 Å². The highest BCUT2D eigenvalue weighted by Crippen LogP contribution is 2.03. The molecule has 1 rings (SSSR count). The van der Waals surface area contributed by atoms with Crippen LogP contribution in [0.15, 0.2) is 30.3 Å². The summed E-state index contributed by atoms with van der Waals surface area (Å²) in [4.78, 5) is 32.9. The summed E-state index contributed by atoms with van der Waals surface area (Å²) >= 11 is 0. The van der Waals surface area contributed by atoms with Gasteiger partial charge in [0.1, 0.15) is 12.6 Å². The Balaban J connectivity index is 2.31. The third kappa shape index (κ3) is 5.96. The van der Waals surface area contributed by atoms with Gasteiger partial charge >= 0.3 is 18.1 Å². The molecule has 0 heterocycles. The third-order valence-corrected chi connectivity index (χ3v) is 2.36. The first-order chi connectivity index (χ1) is 9.49. The summed E-state index contributed by atoms with van der Waals surface area (Å²) in [7, 11) is 0. The smallest absolute Gasteiger partial charge is 0.481 e. The van der Waals surface area contributed by atoms with Gasteiger partial charge in [-0.2, -0.15) is 0 Å². The van der Waals surface area contributed by atoms with Crippen molar-refractivity contribution in [2.75, 3.05) is 0 Å². The van der Waals surface area contributed by atoms with Crippen LogP contribution in [0.25, 0.3) is 0 Å². The van der Waals surface area contributed by atoms with Crippen molar-refractivity contribution < 1.29 is 29.0 Å². The van der Waals surface area contributed by atoms with Crippen LogP contribution in [0.1, 0.15) is 18.4 Å². The predicted molar refractivity (Wildman–Crippen MR) is 67.6 cm³/mol. The minimum absolute atomic E-state index is 0.0304. The van der Waals surface area contributed by atoms with E-state index in [1.165, 1.54) is 0 Å². The molecule has 0 aliphatic carbocycles. The van der Waals surface area contributed by atoms with Crippen LogP contribution in [-0.4, -0.2) is 29.2 Å². The van der Waals surface area contributed by atoms with Crippen molar-refractivity contribution in [3.63, 3.8) is 0 Å². The maximum absolute atomic E-state index is 11.3. The fraction of sp³-hybridized carbons (Fsp3) is 0.308. The van der Waals surface area contributed by atoms with Gasteiger partial charge < -0.3 is 20.3 Å². The number of hydrogen-bond acceptors (Lipinski definition) is 6. The molecule has 0 unspecified atom stereocenters. The molecule has 0 aromatic heterocycles. The molecule has 1 aromatic carbocycles. The lowest BCUT2D eigenvalue weighted by atomic mass is 10.2. The van der Waals surface area contributed by atoms with Gasteiger partial charge in [-0.1, -0.05) is 30.3 Å². The molecule has 20 heavy (non-hydrogen) atoms. The van der Waals surface area contributed by atoms with Crippen LogP contribution in [0.2, 0.25) is 0 Å².